The van der Waals surface area contributed by atoms with Crippen LogP contribution in [0.25, 0.3) is 43.1 Å². The minimum Gasteiger partial charge on any atom is -0.508 e. The van der Waals surface area contributed by atoms with Gasteiger partial charge in [0.25, 0.3) is 0 Å². The van der Waals surface area contributed by atoms with E-state index in [0.717, 1.165) is 91.2 Å². The highest BCUT2D eigenvalue weighted by Crippen LogP contribution is 2.31. The molecule has 2 amide bonds. The standard InChI is InChI=1S/C17H21NO3.C15H17NO3.C12H15NO.C12H13NO.C10H9NO/c1-5-20-13-10-9-12-7-6-8-15(14(12)11-13)18-16(19)21-17(2,3)4;1-15(2,3)19-14(18)16-13-6-4-5-10-7-8-11(17)9-12(10)13;2*1-2-14-10-7-6-9-4-3-5-12(13)11(9)8-10;11-10-3-1-2-7-4-5-8(12)6-9(7)10/h6-11H,5H2,1-4H3,(H,18,19);4-9,17H,1-3H3,(H,16,18);3-5,7H,2,6,8,13H2,1H3;3-8H,2,13H2,1H3;1-6,12H,11H2. The average Bonchev–Trinajstić information content (AvgIpc) is 3.45. The maximum atomic E-state index is 11.9. The second-order valence-electron chi connectivity index (χ2n) is 20.5. The minimum absolute atomic E-state index is 0.158. The van der Waals surface area contributed by atoms with E-state index < -0.39 is 23.4 Å². The number of hydrogen-bond acceptors (Lipinski definition) is 12. The van der Waals surface area contributed by atoms with E-state index in [0.29, 0.717) is 30.3 Å². The zero-order valence-electron chi connectivity index (χ0n) is 47.2. The third-order valence-electron chi connectivity index (χ3n) is 11.9. The van der Waals surface area contributed by atoms with E-state index in [2.05, 4.69) is 22.8 Å². The first-order valence-corrected chi connectivity index (χ1v) is 26.6. The lowest BCUT2D eigenvalue weighted by molar-refractivity contribution is 0.0625. The van der Waals surface area contributed by atoms with Crippen LogP contribution in [0.4, 0.5) is 38.0 Å². The molecule has 0 atom stereocenters. The van der Waals surface area contributed by atoms with Crippen molar-refractivity contribution in [2.75, 3.05) is 47.7 Å². The van der Waals surface area contributed by atoms with Crippen molar-refractivity contribution in [3.05, 3.63) is 187 Å². The number of hydrogen-bond donors (Lipinski definition) is 7. The summed E-state index contributed by atoms with van der Waals surface area (Å²) in [5, 5.41) is 32.0. The van der Waals surface area contributed by atoms with E-state index in [4.69, 9.17) is 40.9 Å². The second-order valence-corrected chi connectivity index (χ2v) is 20.5. The lowest BCUT2D eigenvalue weighted by Crippen LogP contribution is -2.27. The summed E-state index contributed by atoms with van der Waals surface area (Å²) in [6, 6.07) is 50.9. The van der Waals surface area contributed by atoms with Gasteiger partial charge in [-0.1, -0.05) is 84.9 Å². The maximum Gasteiger partial charge on any atom is 0.412 e. The highest BCUT2D eigenvalue weighted by atomic mass is 16.6. The Morgan fingerprint density at radius 1 is 0.475 bits per heavy atom. The van der Waals surface area contributed by atoms with Gasteiger partial charge in [-0.05, 0) is 186 Å². The Kier molecular flexibility index (Phi) is 20.9. The third kappa shape index (κ3) is 17.9. The van der Waals surface area contributed by atoms with Crippen LogP contribution < -0.4 is 37.3 Å². The Bertz CT molecular complexity index is 3580. The highest BCUT2D eigenvalue weighted by Gasteiger charge is 2.19. The molecule has 14 heteroatoms. The Morgan fingerprint density at radius 3 is 1.34 bits per heavy atom. The summed E-state index contributed by atoms with van der Waals surface area (Å²) < 4.78 is 26.9. The van der Waals surface area contributed by atoms with Crippen molar-refractivity contribution in [1.82, 2.24) is 0 Å². The van der Waals surface area contributed by atoms with Crippen LogP contribution in [0.15, 0.2) is 176 Å². The summed E-state index contributed by atoms with van der Waals surface area (Å²) in [4.78, 5) is 23.7. The molecule has 10 rings (SSSR count). The van der Waals surface area contributed by atoms with Gasteiger partial charge in [0.15, 0.2) is 0 Å². The van der Waals surface area contributed by atoms with E-state index in [1.165, 1.54) is 11.1 Å². The van der Waals surface area contributed by atoms with Gasteiger partial charge in [0.1, 0.15) is 34.2 Å². The molecule has 10 N–H and O–H groups in total. The van der Waals surface area contributed by atoms with Crippen LogP contribution in [0.3, 0.4) is 0 Å². The fourth-order valence-electron chi connectivity index (χ4n) is 8.46. The normalized spacial score (nSPS) is 11.5. The number of nitrogens with two attached hydrogens (primary N) is 3. The first-order chi connectivity index (χ1) is 38.1. The molecule has 0 aliphatic heterocycles. The van der Waals surface area contributed by atoms with Crippen LogP contribution in [0.1, 0.15) is 73.4 Å². The number of nitrogen functional groups attached to an aromatic ring is 3. The van der Waals surface area contributed by atoms with Gasteiger partial charge in [0.05, 0.1) is 37.0 Å². The number of phenolic OH excluding ortho intramolecular Hbond substituents is 2. The van der Waals surface area contributed by atoms with Gasteiger partial charge >= 0.3 is 12.2 Å². The molecule has 0 bridgehead atoms. The first kappa shape index (κ1) is 59.9. The number of nitrogens with one attached hydrogen (secondary N) is 2. The molecule has 0 spiro atoms. The molecule has 0 radical (unpaired) electrons. The molecule has 14 nitrogen and oxygen atoms in total. The number of ether oxygens (including phenoxy) is 5. The summed E-state index contributed by atoms with van der Waals surface area (Å²) in [6.45, 7) is 18.9. The third-order valence-corrected chi connectivity index (χ3v) is 11.9. The number of aromatic hydroxyl groups is 2. The maximum absolute atomic E-state index is 11.9. The van der Waals surface area contributed by atoms with E-state index in [-0.39, 0.29) is 11.5 Å². The molecular weight excluding hydrogens is 1010 g/mol. The predicted molar refractivity (Wildman–Crippen MR) is 328 cm³/mol. The zero-order chi connectivity index (χ0) is 58.0. The number of anilines is 5. The lowest BCUT2D eigenvalue weighted by Gasteiger charge is -2.20. The average molecular weight is 1080 g/mol. The molecule has 0 fully saturated rings. The molecule has 0 saturated heterocycles. The number of carbonyl (C=O) groups excluding carboxylic acids is 2. The van der Waals surface area contributed by atoms with Crippen LogP contribution in [0.2, 0.25) is 0 Å². The van der Waals surface area contributed by atoms with E-state index in [9.17, 15) is 19.8 Å². The Labute approximate surface area is 469 Å². The van der Waals surface area contributed by atoms with Crippen molar-refractivity contribution >= 4 is 83.7 Å². The van der Waals surface area contributed by atoms with E-state index >= 15 is 0 Å². The number of benzene rings is 9. The van der Waals surface area contributed by atoms with Gasteiger partial charge in [0, 0.05) is 45.0 Å². The van der Waals surface area contributed by atoms with Gasteiger partial charge in [-0.2, -0.15) is 0 Å². The van der Waals surface area contributed by atoms with Gasteiger partial charge in [-0.15, -0.1) is 0 Å². The molecule has 1 aliphatic rings. The minimum atomic E-state index is -0.545. The van der Waals surface area contributed by atoms with Crippen molar-refractivity contribution in [3.63, 3.8) is 0 Å². The molecule has 0 unspecified atom stereocenters. The van der Waals surface area contributed by atoms with Crippen LogP contribution in [-0.2, 0) is 27.1 Å². The van der Waals surface area contributed by atoms with Crippen LogP contribution in [0.5, 0.6) is 23.0 Å². The fourth-order valence-corrected chi connectivity index (χ4v) is 8.46. The highest BCUT2D eigenvalue weighted by molar-refractivity contribution is 6.02. The Hall–Kier alpha value is -9.30. The van der Waals surface area contributed by atoms with E-state index in [1.54, 1.807) is 36.4 Å². The fraction of sp³-hybridized carbons (Fsp3) is 0.242. The largest absolute Gasteiger partial charge is 0.508 e. The molecule has 418 valence electrons. The zero-order valence-corrected chi connectivity index (χ0v) is 47.2. The molecule has 80 heavy (non-hydrogen) atoms. The van der Waals surface area contributed by atoms with Crippen molar-refractivity contribution < 1.29 is 43.5 Å². The van der Waals surface area contributed by atoms with Crippen molar-refractivity contribution in [1.29, 1.82) is 0 Å². The second kappa shape index (κ2) is 27.8. The molecule has 0 heterocycles. The Morgan fingerprint density at radius 2 is 0.863 bits per heavy atom. The number of amides is 2. The molecule has 9 aromatic carbocycles. The quantitative estimate of drug-likeness (QED) is 0.0706. The summed E-state index contributed by atoms with van der Waals surface area (Å²) >= 11 is 0. The SMILES string of the molecule is CC(C)(C)OC(=O)Nc1cccc2ccc(O)cc12.CCOC1=CCc2cccc(N)c2C1.CCOc1ccc2cccc(N)c2c1.CCOc1ccc2cccc(NC(=O)OC(C)(C)C)c2c1.Nc1cccc2ccc(O)cc12. The van der Waals surface area contributed by atoms with Gasteiger partial charge in [0.2, 0.25) is 0 Å². The summed E-state index contributed by atoms with van der Waals surface area (Å²) in [5.41, 5.74) is 22.7. The number of phenols is 2. The summed E-state index contributed by atoms with van der Waals surface area (Å²) in [7, 11) is 0. The number of allylic oxidation sites excluding steroid dienone is 2. The number of fused-ring (bicyclic) bond motifs is 5. The number of rotatable bonds is 8. The first-order valence-electron chi connectivity index (χ1n) is 26.6. The number of carbonyl (C=O) groups is 2. The van der Waals surface area contributed by atoms with Crippen molar-refractivity contribution in [2.24, 2.45) is 0 Å². The van der Waals surface area contributed by atoms with E-state index in [1.807, 2.05) is 184 Å². The Balaban J connectivity index is 0.000000164. The molecular formula is C66H75N5O9. The molecule has 0 saturated carbocycles. The smallest absolute Gasteiger partial charge is 0.412 e. The van der Waals surface area contributed by atoms with Gasteiger partial charge < -0.3 is 51.1 Å². The van der Waals surface area contributed by atoms with Crippen LogP contribution in [-0.4, -0.2) is 53.4 Å². The van der Waals surface area contributed by atoms with Crippen LogP contribution >= 0.6 is 0 Å². The van der Waals surface area contributed by atoms with Crippen LogP contribution in [0, 0.1) is 0 Å². The summed E-state index contributed by atoms with van der Waals surface area (Å²) in [6.07, 6.45) is 2.96. The lowest BCUT2D eigenvalue weighted by atomic mass is 9.94. The monoisotopic (exact) mass is 1080 g/mol. The molecule has 9 aromatic rings. The predicted octanol–water partition coefficient (Wildman–Crippen LogP) is 15.7. The van der Waals surface area contributed by atoms with Crippen molar-refractivity contribution in [2.45, 2.75) is 86.4 Å². The molecule has 0 aromatic heterocycles. The molecule has 1 aliphatic carbocycles. The summed E-state index contributed by atoms with van der Waals surface area (Å²) in [5.74, 6) is 3.12. The van der Waals surface area contributed by atoms with Gasteiger partial charge in [-0.3, -0.25) is 10.6 Å². The topological polar surface area (TPSA) is 223 Å². The van der Waals surface area contributed by atoms with Gasteiger partial charge in [-0.25, -0.2) is 9.59 Å². The van der Waals surface area contributed by atoms with Crippen molar-refractivity contribution in [3.8, 4) is 23.0 Å².